The number of aryl methyl sites for hydroxylation is 1. The first-order valence-corrected chi connectivity index (χ1v) is 7.04. The summed E-state index contributed by atoms with van der Waals surface area (Å²) >= 11 is 1.15. The zero-order valence-corrected chi connectivity index (χ0v) is 11.6. The summed E-state index contributed by atoms with van der Waals surface area (Å²) in [7, 11) is 0. The molecule has 0 fully saturated rings. The summed E-state index contributed by atoms with van der Waals surface area (Å²) in [6.07, 6.45) is 3.24. The topological polar surface area (TPSA) is 77.8 Å². The number of nitrogens with zero attached hydrogens (tertiary/aromatic N) is 2. The Hall–Kier alpha value is -2.39. The fraction of sp³-hybridized carbons (Fsp3) is 0.214. The maximum atomic E-state index is 11.6. The van der Waals surface area contributed by atoms with Gasteiger partial charge >= 0.3 is 6.03 Å². The zero-order chi connectivity index (χ0) is 14.2. The molecule has 1 heterocycles. The van der Waals surface area contributed by atoms with Crippen LogP contribution in [0.25, 0.3) is 0 Å². The molecule has 5 nitrogen and oxygen atoms in total. The monoisotopic (exact) mass is 286 g/mol. The van der Waals surface area contributed by atoms with E-state index in [9.17, 15) is 4.79 Å². The lowest BCUT2D eigenvalue weighted by molar-refractivity contribution is 0.252. The van der Waals surface area contributed by atoms with Crippen molar-refractivity contribution < 1.29 is 4.79 Å². The van der Waals surface area contributed by atoms with Crippen LogP contribution in [0, 0.1) is 11.3 Å². The van der Waals surface area contributed by atoms with Crippen LogP contribution in [0.5, 0.6) is 0 Å². The van der Waals surface area contributed by atoms with E-state index < -0.39 is 0 Å². The van der Waals surface area contributed by atoms with Gasteiger partial charge in [0.1, 0.15) is 10.9 Å². The van der Waals surface area contributed by atoms with Gasteiger partial charge in [-0.3, -0.25) is 5.32 Å². The molecule has 0 spiro atoms. The molecule has 1 aromatic carbocycles. The van der Waals surface area contributed by atoms with Crippen molar-refractivity contribution in [1.82, 2.24) is 10.3 Å². The average molecular weight is 286 g/mol. The average Bonchev–Trinajstić information content (AvgIpc) is 2.92. The fourth-order valence-electron chi connectivity index (χ4n) is 1.66. The number of rotatable bonds is 5. The van der Waals surface area contributed by atoms with E-state index in [1.165, 1.54) is 11.8 Å². The van der Waals surface area contributed by atoms with Gasteiger partial charge in [0.15, 0.2) is 5.13 Å². The van der Waals surface area contributed by atoms with Crippen LogP contribution in [0.2, 0.25) is 0 Å². The van der Waals surface area contributed by atoms with Crippen molar-refractivity contribution in [1.29, 1.82) is 5.26 Å². The van der Waals surface area contributed by atoms with Gasteiger partial charge < -0.3 is 5.32 Å². The van der Waals surface area contributed by atoms with Crippen molar-refractivity contribution in [2.45, 2.75) is 12.8 Å². The second kappa shape index (κ2) is 7.26. The highest BCUT2D eigenvalue weighted by Crippen LogP contribution is 2.16. The van der Waals surface area contributed by atoms with Gasteiger partial charge in [0, 0.05) is 6.54 Å². The Kier molecular flexibility index (Phi) is 5.09. The van der Waals surface area contributed by atoms with E-state index in [2.05, 4.69) is 27.8 Å². The standard InChI is InChI=1S/C14H14N4OS/c15-9-12-10-17-14(20-12)18-13(19)16-8-4-7-11-5-2-1-3-6-11/h1-3,5-6,10H,4,7-8H2,(H2,16,17,18,19). The molecule has 0 atom stereocenters. The molecule has 20 heavy (non-hydrogen) atoms. The number of urea groups is 1. The third-order valence-corrected chi connectivity index (χ3v) is 3.42. The SMILES string of the molecule is N#Cc1cnc(NC(=O)NCCCc2ccccc2)s1. The predicted molar refractivity (Wildman–Crippen MR) is 78.6 cm³/mol. The number of hydrogen-bond donors (Lipinski definition) is 2. The van der Waals surface area contributed by atoms with E-state index in [1.807, 2.05) is 24.3 Å². The second-order valence-corrected chi connectivity index (χ2v) is 5.14. The molecule has 0 aliphatic carbocycles. The Morgan fingerprint density at radius 1 is 1.35 bits per heavy atom. The van der Waals surface area contributed by atoms with Gasteiger partial charge in [-0.2, -0.15) is 5.26 Å². The normalized spacial score (nSPS) is 9.75. The first kappa shape index (κ1) is 14.0. The van der Waals surface area contributed by atoms with Crippen LogP contribution in [0.4, 0.5) is 9.93 Å². The van der Waals surface area contributed by atoms with Crippen molar-refractivity contribution in [3.05, 3.63) is 47.0 Å². The Morgan fingerprint density at radius 2 is 2.15 bits per heavy atom. The minimum Gasteiger partial charge on any atom is -0.338 e. The lowest BCUT2D eigenvalue weighted by Crippen LogP contribution is -2.29. The summed E-state index contributed by atoms with van der Waals surface area (Å²) in [4.78, 5) is 16.0. The van der Waals surface area contributed by atoms with Gasteiger partial charge in [-0.1, -0.05) is 41.7 Å². The second-order valence-electron chi connectivity index (χ2n) is 4.11. The highest BCUT2D eigenvalue weighted by Gasteiger charge is 2.05. The lowest BCUT2D eigenvalue weighted by atomic mass is 10.1. The van der Waals surface area contributed by atoms with Crippen LogP contribution in [0.3, 0.4) is 0 Å². The van der Waals surface area contributed by atoms with Crippen molar-refractivity contribution in [2.24, 2.45) is 0 Å². The number of nitrogens with one attached hydrogen (secondary N) is 2. The highest BCUT2D eigenvalue weighted by molar-refractivity contribution is 7.16. The summed E-state index contributed by atoms with van der Waals surface area (Å²) in [6, 6.07) is 11.8. The number of amides is 2. The Balaban J connectivity index is 1.67. The van der Waals surface area contributed by atoms with Crippen molar-refractivity contribution >= 4 is 22.5 Å². The van der Waals surface area contributed by atoms with Crippen LogP contribution in [0.1, 0.15) is 16.9 Å². The molecule has 2 N–H and O–H groups in total. The predicted octanol–water partition coefficient (Wildman–Crippen LogP) is 2.77. The fourth-order valence-corrected chi connectivity index (χ4v) is 2.27. The summed E-state index contributed by atoms with van der Waals surface area (Å²) in [6.45, 7) is 0.594. The van der Waals surface area contributed by atoms with Crippen molar-refractivity contribution in [3.8, 4) is 6.07 Å². The molecule has 0 aliphatic heterocycles. The molecule has 0 aliphatic rings. The van der Waals surface area contributed by atoms with Crippen LogP contribution in [-0.2, 0) is 6.42 Å². The van der Waals surface area contributed by atoms with Gasteiger partial charge in [-0.05, 0) is 18.4 Å². The summed E-state index contributed by atoms with van der Waals surface area (Å²) in [5.74, 6) is 0. The summed E-state index contributed by atoms with van der Waals surface area (Å²) in [5.41, 5.74) is 1.26. The quantitative estimate of drug-likeness (QED) is 0.830. The Morgan fingerprint density at radius 3 is 2.85 bits per heavy atom. The Labute approximate surface area is 121 Å². The summed E-state index contributed by atoms with van der Waals surface area (Å²) < 4.78 is 0. The zero-order valence-electron chi connectivity index (χ0n) is 10.8. The summed E-state index contributed by atoms with van der Waals surface area (Å²) in [5, 5.41) is 14.5. The van der Waals surface area contributed by atoms with Crippen molar-refractivity contribution in [2.75, 3.05) is 11.9 Å². The van der Waals surface area contributed by atoms with E-state index in [-0.39, 0.29) is 6.03 Å². The number of thiazole rings is 1. The first-order valence-electron chi connectivity index (χ1n) is 6.22. The number of aromatic nitrogens is 1. The molecule has 0 radical (unpaired) electrons. The van der Waals surface area contributed by atoms with Gasteiger partial charge in [0.25, 0.3) is 0 Å². The number of carbonyl (C=O) groups excluding carboxylic acids is 1. The number of benzene rings is 1. The molecule has 2 rings (SSSR count). The molecule has 102 valence electrons. The molecular formula is C14H14N4OS. The maximum absolute atomic E-state index is 11.6. The Bertz CT molecular complexity index is 603. The van der Waals surface area contributed by atoms with E-state index in [4.69, 9.17) is 5.26 Å². The van der Waals surface area contributed by atoms with E-state index in [0.29, 0.717) is 16.6 Å². The van der Waals surface area contributed by atoms with E-state index >= 15 is 0 Å². The number of nitriles is 1. The third-order valence-electron chi connectivity index (χ3n) is 2.61. The first-order chi connectivity index (χ1) is 9.78. The van der Waals surface area contributed by atoms with E-state index in [1.54, 1.807) is 0 Å². The molecule has 0 unspecified atom stereocenters. The van der Waals surface area contributed by atoms with Gasteiger partial charge in [0.05, 0.1) is 6.20 Å². The lowest BCUT2D eigenvalue weighted by Gasteiger charge is -2.05. The number of hydrogen-bond acceptors (Lipinski definition) is 4. The molecule has 1 aromatic heterocycles. The molecule has 0 saturated heterocycles. The van der Waals surface area contributed by atoms with Crippen LogP contribution < -0.4 is 10.6 Å². The minimum atomic E-state index is -0.295. The van der Waals surface area contributed by atoms with Crippen molar-refractivity contribution in [3.63, 3.8) is 0 Å². The molecule has 0 saturated carbocycles. The van der Waals surface area contributed by atoms with Crippen LogP contribution >= 0.6 is 11.3 Å². The molecule has 2 aromatic rings. The van der Waals surface area contributed by atoms with E-state index in [0.717, 1.165) is 24.2 Å². The molecule has 2 amide bonds. The minimum absolute atomic E-state index is 0.295. The number of anilines is 1. The van der Waals surface area contributed by atoms with Gasteiger partial charge in [-0.15, -0.1) is 0 Å². The molecule has 6 heteroatoms. The van der Waals surface area contributed by atoms with Crippen LogP contribution in [-0.4, -0.2) is 17.6 Å². The number of carbonyl (C=O) groups is 1. The molecule has 0 bridgehead atoms. The highest BCUT2D eigenvalue weighted by atomic mass is 32.1. The largest absolute Gasteiger partial charge is 0.338 e. The smallest absolute Gasteiger partial charge is 0.321 e. The maximum Gasteiger partial charge on any atom is 0.321 e. The van der Waals surface area contributed by atoms with Gasteiger partial charge in [0.2, 0.25) is 0 Å². The van der Waals surface area contributed by atoms with Gasteiger partial charge in [-0.25, -0.2) is 9.78 Å². The van der Waals surface area contributed by atoms with Crippen LogP contribution in [0.15, 0.2) is 36.5 Å². The molecular weight excluding hydrogens is 272 g/mol. The third kappa shape index (κ3) is 4.37.